The number of amides is 1. The molecule has 0 aliphatic heterocycles. The van der Waals surface area contributed by atoms with E-state index in [1.807, 2.05) is 0 Å². The second-order valence-electron chi connectivity index (χ2n) is 2.83. The molecule has 0 saturated carbocycles. The van der Waals surface area contributed by atoms with Crippen molar-refractivity contribution in [1.82, 2.24) is 4.90 Å². The first kappa shape index (κ1) is 9.99. The second-order valence-corrected chi connectivity index (χ2v) is 3.24. The molecule has 1 aromatic rings. The lowest BCUT2D eigenvalue weighted by molar-refractivity contribution is 0.0827. The van der Waals surface area contributed by atoms with Crippen LogP contribution in [0.1, 0.15) is 10.4 Å². The van der Waals surface area contributed by atoms with Crippen LogP contribution >= 0.6 is 11.6 Å². The molecule has 2 nitrogen and oxygen atoms in total. The maximum absolute atomic E-state index is 12.7. The van der Waals surface area contributed by atoms with Gasteiger partial charge in [-0.15, -0.1) is 0 Å². The quantitative estimate of drug-likeness (QED) is 0.682. The minimum atomic E-state index is -0.517. The Bertz CT molecular complexity index is 338. The Labute approximate surface area is 80.9 Å². The van der Waals surface area contributed by atoms with Gasteiger partial charge in [0.15, 0.2) is 0 Å². The fraction of sp³-hybridized carbons (Fsp3) is 0.222. The van der Waals surface area contributed by atoms with Gasteiger partial charge in [-0.1, -0.05) is 11.6 Å². The Hall–Kier alpha value is -1.09. The molecule has 0 aliphatic rings. The third kappa shape index (κ3) is 2.18. The van der Waals surface area contributed by atoms with Crippen molar-refractivity contribution in [3.8, 4) is 0 Å². The van der Waals surface area contributed by atoms with Crippen LogP contribution in [0, 0.1) is 5.82 Å². The fourth-order valence-electron chi connectivity index (χ4n) is 0.887. The Morgan fingerprint density at radius 3 is 2.54 bits per heavy atom. The molecule has 0 atom stereocenters. The summed E-state index contributed by atoms with van der Waals surface area (Å²) in [5, 5.41) is -0.0345. The maximum Gasteiger partial charge on any atom is 0.253 e. The van der Waals surface area contributed by atoms with Gasteiger partial charge in [0.1, 0.15) is 5.82 Å². The summed E-state index contributed by atoms with van der Waals surface area (Å²) in [5.74, 6) is -0.709. The zero-order valence-electron chi connectivity index (χ0n) is 7.34. The summed E-state index contributed by atoms with van der Waals surface area (Å²) in [6.07, 6.45) is 0. The lowest BCUT2D eigenvalue weighted by Gasteiger charge is -2.09. The average molecular weight is 202 g/mol. The Morgan fingerprint density at radius 1 is 1.46 bits per heavy atom. The van der Waals surface area contributed by atoms with E-state index in [1.54, 1.807) is 14.1 Å². The van der Waals surface area contributed by atoms with E-state index in [0.29, 0.717) is 5.56 Å². The molecule has 0 saturated heterocycles. The van der Waals surface area contributed by atoms with E-state index in [0.717, 1.165) is 0 Å². The Balaban J connectivity index is 3.04. The number of halogens is 2. The summed E-state index contributed by atoms with van der Waals surface area (Å²) in [7, 11) is 3.25. The molecule has 1 rings (SSSR count). The summed E-state index contributed by atoms with van der Waals surface area (Å²) in [5.41, 5.74) is 0.386. The van der Waals surface area contributed by atoms with Crippen molar-refractivity contribution in [2.75, 3.05) is 14.1 Å². The Morgan fingerprint density at radius 2 is 2.08 bits per heavy atom. The van der Waals surface area contributed by atoms with Crippen LogP contribution in [0.3, 0.4) is 0 Å². The Kier molecular flexibility index (Phi) is 2.88. The largest absolute Gasteiger partial charge is 0.345 e. The van der Waals surface area contributed by atoms with E-state index >= 15 is 0 Å². The molecule has 1 amide bonds. The van der Waals surface area contributed by atoms with Crippen LogP contribution in [-0.4, -0.2) is 24.9 Å². The zero-order valence-corrected chi connectivity index (χ0v) is 8.10. The zero-order chi connectivity index (χ0) is 10.0. The van der Waals surface area contributed by atoms with E-state index in [-0.39, 0.29) is 10.9 Å². The van der Waals surface area contributed by atoms with Crippen LogP contribution in [0.5, 0.6) is 0 Å². The van der Waals surface area contributed by atoms with Crippen molar-refractivity contribution >= 4 is 17.5 Å². The molecule has 0 N–H and O–H groups in total. The number of carbonyl (C=O) groups excluding carboxylic acids is 1. The molecule has 13 heavy (non-hydrogen) atoms. The van der Waals surface area contributed by atoms with Crippen molar-refractivity contribution in [2.45, 2.75) is 0 Å². The molecule has 4 heteroatoms. The minimum absolute atomic E-state index is 0.0345. The first-order chi connectivity index (χ1) is 6.02. The molecule has 0 aliphatic carbocycles. The van der Waals surface area contributed by atoms with E-state index in [2.05, 4.69) is 0 Å². The van der Waals surface area contributed by atoms with Crippen molar-refractivity contribution in [3.05, 3.63) is 34.6 Å². The minimum Gasteiger partial charge on any atom is -0.345 e. The monoisotopic (exact) mass is 201 g/mol. The van der Waals surface area contributed by atoms with Crippen molar-refractivity contribution in [3.63, 3.8) is 0 Å². The molecule has 0 aromatic heterocycles. The van der Waals surface area contributed by atoms with Crippen molar-refractivity contribution in [1.29, 1.82) is 0 Å². The van der Waals surface area contributed by atoms with Crippen LogP contribution < -0.4 is 0 Å². The molecule has 0 radical (unpaired) electrons. The molecule has 0 fully saturated rings. The van der Waals surface area contributed by atoms with Gasteiger partial charge in [-0.25, -0.2) is 4.39 Å². The summed E-state index contributed by atoms with van der Waals surface area (Å²) in [4.78, 5) is 12.8. The van der Waals surface area contributed by atoms with Gasteiger partial charge in [-0.2, -0.15) is 0 Å². The number of nitrogens with zero attached hydrogens (tertiary/aromatic N) is 1. The maximum atomic E-state index is 12.7. The number of hydrogen-bond donors (Lipinski definition) is 0. The van der Waals surface area contributed by atoms with Gasteiger partial charge in [-0.05, 0) is 18.2 Å². The third-order valence-electron chi connectivity index (χ3n) is 1.57. The predicted octanol–water partition coefficient (Wildman–Crippen LogP) is 2.18. The molecular formula is C9H9ClFNO. The first-order valence-electron chi connectivity index (χ1n) is 3.69. The lowest BCUT2D eigenvalue weighted by Crippen LogP contribution is -2.21. The van der Waals surface area contributed by atoms with E-state index in [9.17, 15) is 9.18 Å². The van der Waals surface area contributed by atoms with Crippen molar-refractivity contribution < 1.29 is 9.18 Å². The van der Waals surface area contributed by atoms with Crippen LogP contribution in [-0.2, 0) is 0 Å². The van der Waals surface area contributed by atoms with Crippen LogP contribution in [0.25, 0.3) is 0 Å². The molecule has 0 unspecified atom stereocenters. The first-order valence-corrected chi connectivity index (χ1v) is 4.07. The summed E-state index contributed by atoms with van der Waals surface area (Å²) in [6.45, 7) is 0. The van der Waals surface area contributed by atoms with E-state index in [4.69, 9.17) is 11.6 Å². The van der Waals surface area contributed by atoms with Gasteiger partial charge < -0.3 is 4.90 Å². The average Bonchev–Trinajstić information content (AvgIpc) is 2.08. The molecule has 0 bridgehead atoms. The van der Waals surface area contributed by atoms with E-state index in [1.165, 1.54) is 23.1 Å². The normalized spacial score (nSPS) is 9.85. The smallest absolute Gasteiger partial charge is 0.253 e. The number of carbonyl (C=O) groups is 1. The fourth-order valence-corrected chi connectivity index (χ4v) is 1.07. The SMILES string of the molecule is CN(C)C(=O)c1ccc(F)c(Cl)c1. The molecule has 1 aromatic carbocycles. The highest BCUT2D eigenvalue weighted by Gasteiger charge is 2.09. The van der Waals surface area contributed by atoms with Gasteiger partial charge in [0, 0.05) is 19.7 Å². The van der Waals surface area contributed by atoms with Crippen molar-refractivity contribution in [2.24, 2.45) is 0 Å². The summed E-state index contributed by atoms with van der Waals surface area (Å²) >= 11 is 5.52. The highest BCUT2D eigenvalue weighted by Crippen LogP contribution is 2.16. The summed E-state index contributed by atoms with van der Waals surface area (Å²) < 4.78 is 12.7. The standard InChI is InChI=1S/C9H9ClFNO/c1-12(2)9(13)6-3-4-8(11)7(10)5-6/h3-5H,1-2H3. The third-order valence-corrected chi connectivity index (χ3v) is 1.86. The highest BCUT2D eigenvalue weighted by atomic mass is 35.5. The summed E-state index contributed by atoms with van der Waals surface area (Å²) in [6, 6.07) is 3.90. The van der Waals surface area contributed by atoms with Gasteiger partial charge in [0.2, 0.25) is 0 Å². The number of hydrogen-bond acceptors (Lipinski definition) is 1. The van der Waals surface area contributed by atoms with Crippen LogP contribution in [0.15, 0.2) is 18.2 Å². The van der Waals surface area contributed by atoms with E-state index < -0.39 is 5.82 Å². The van der Waals surface area contributed by atoms with Crippen LogP contribution in [0.4, 0.5) is 4.39 Å². The predicted molar refractivity (Wildman–Crippen MR) is 49.4 cm³/mol. The van der Waals surface area contributed by atoms with Gasteiger partial charge in [0.05, 0.1) is 5.02 Å². The van der Waals surface area contributed by atoms with Gasteiger partial charge in [0.25, 0.3) is 5.91 Å². The number of rotatable bonds is 1. The van der Waals surface area contributed by atoms with Gasteiger partial charge >= 0.3 is 0 Å². The second kappa shape index (κ2) is 3.75. The topological polar surface area (TPSA) is 20.3 Å². The number of benzene rings is 1. The molecular weight excluding hydrogens is 193 g/mol. The lowest BCUT2D eigenvalue weighted by atomic mass is 10.2. The molecule has 0 spiro atoms. The molecule has 0 heterocycles. The van der Waals surface area contributed by atoms with Crippen LogP contribution in [0.2, 0.25) is 5.02 Å². The van der Waals surface area contributed by atoms with Gasteiger partial charge in [-0.3, -0.25) is 4.79 Å². The highest BCUT2D eigenvalue weighted by molar-refractivity contribution is 6.31. The molecule has 70 valence electrons.